The van der Waals surface area contributed by atoms with E-state index in [0.717, 1.165) is 35.4 Å². The van der Waals surface area contributed by atoms with Gasteiger partial charge in [-0.15, -0.1) is 0 Å². The van der Waals surface area contributed by atoms with Crippen LogP contribution < -0.4 is 15.4 Å². The molecule has 2 aromatic rings. The Kier molecular flexibility index (Phi) is 3.03. The van der Waals surface area contributed by atoms with E-state index in [4.69, 9.17) is 10.5 Å². The van der Waals surface area contributed by atoms with Gasteiger partial charge in [-0.25, -0.2) is 4.98 Å². The molecule has 100 valence electrons. The molecule has 0 radical (unpaired) electrons. The van der Waals surface area contributed by atoms with Crippen molar-refractivity contribution >= 4 is 16.6 Å². The summed E-state index contributed by atoms with van der Waals surface area (Å²) in [5, 5.41) is 2.31. The molecule has 0 spiro atoms. The van der Waals surface area contributed by atoms with E-state index in [-0.39, 0.29) is 6.04 Å². The Hall–Kier alpha value is -1.81. The largest absolute Gasteiger partial charge is 0.497 e. The maximum absolute atomic E-state index is 6.11. The highest BCUT2D eigenvalue weighted by Gasteiger charge is 2.28. The molecule has 1 aromatic heterocycles. The van der Waals surface area contributed by atoms with Crippen molar-refractivity contribution in [2.24, 2.45) is 11.7 Å². The van der Waals surface area contributed by atoms with Crippen molar-refractivity contribution in [1.82, 2.24) is 4.98 Å². The molecule has 2 unspecified atom stereocenters. The smallest absolute Gasteiger partial charge is 0.136 e. The summed E-state index contributed by atoms with van der Waals surface area (Å²) in [6.07, 6.45) is 1.85. The molecule has 1 aliphatic rings. The monoisotopic (exact) mass is 257 g/mol. The fourth-order valence-corrected chi connectivity index (χ4v) is 2.68. The zero-order valence-corrected chi connectivity index (χ0v) is 11.3. The standard InChI is InChI=1S/C15H19N3O/c1-10-8-18(9-14(10)16)15-13-4-3-12(19-2)7-11(13)5-6-17-15/h3-7,10,14H,8-9,16H2,1-2H3. The van der Waals surface area contributed by atoms with Gasteiger partial charge < -0.3 is 15.4 Å². The van der Waals surface area contributed by atoms with Gasteiger partial charge in [0.1, 0.15) is 11.6 Å². The van der Waals surface area contributed by atoms with Crippen molar-refractivity contribution in [3.8, 4) is 5.75 Å². The van der Waals surface area contributed by atoms with Gasteiger partial charge in [0.15, 0.2) is 0 Å². The van der Waals surface area contributed by atoms with Crippen LogP contribution in [0.1, 0.15) is 6.92 Å². The van der Waals surface area contributed by atoms with E-state index in [1.165, 1.54) is 0 Å². The number of hydrogen-bond donors (Lipinski definition) is 1. The first-order chi connectivity index (χ1) is 9.19. The average Bonchev–Trinajstić information content (AvgIpc) is 2.77. The molecule has 4 nitrogen and oxygen atoms in total. The number of fused-ring (bicyclic) bond motifs is 1. The Morgan fingerprint density at radius 1 is 1.32 bits per heavy atom. The molecule has 1 aromatic carbocycles. The number of nitrogens with zero attached hydrogens (tertiary/aromatic N) is 2. The van der Waals surface area contributed by atoms with Crippen molar-refractivity contribution < 1.29 is 4.74 Å². The Morgan fingerprint density at radius 3 is 2.84 bits per heavy atom. The summed E-state index contributed by atoms with van der Waals surface area (Å²) >= 11 is 0. The van der Waals surface area contributed by atoms with Crippen LogP contribution in [0.4, 0.5) is 5.82 Å². The first-order valence-electron chi connectivity index (χ1n) is 6.62. The Balaban J connectivity index is 2.04. The third-order valence-electron chi connectivity index (χ3n) is 3.92. The maximum Gasteiger partial charge on any atom is 0.136 e. The predicted molar refractivity (Wildman–Crippen MR) is 77.6 cm³/mol. The molecule has 2 N–H and O–H groups in total. The Morgan fingerprint density at radius 2 is 2.16 bits per heavy atom. The van der Waals surface area contributed by atoms with Gasteiger partial charge in [0.05, 0.1) is 7.11 Å². The van der Waals surface area contributed by atoms with E-state index in [1.54, 1.807) is 7.11 Å². The molecule has 0 aliphatic carbocycles. The molecule has 2 atom stereocenters. The number of methoxy groups -OCH3 is 1. The lowest BCUT2D eigenvalue weighted by Gasteiger charge is -2.19. The lowest BCUT2D eigenvalue weighted by atomic mass is 10.1. The second kappa shape index (κ2) is 4.70. The summed E-state index contributed by atoms with van der Waals surface area (Å²) in [6, 6.07) is 8.34. The molecule has 0 bridgehead atoms. The van der Waals surface area contributed by atoms with Crippen LogP contribution in [-0.2, 0) is 0 Å². The molecule has 0 saturated carbocycles. The van der Waals surface area contributed by atoms with E-state index in [1.807, 2.05) is 24.4 Å². The van der Waals surface area contributed by atoms with Gasteiger partial charge >= 0.3 is 0 Å². The first kappa shape index (κ1) is 12.2. The minimum Gasteiger partial charge on any atom is -0.497 e. The van der Waals surface area contributed by atoms with E-state index < -0.39 is 0 Å². The topological polar surface area (TPSA) is 51.4 Å². The number of nitrogens with two attached hydrogens (primary N) is 1. The maximum atomic E-state index is 6.11. The highest BCUT2D eigenvalue weighted by Crippen LogP contribution is 2.30. The molecule has 2 heterocycles. The van der Waals surface area contributed by atoms with Gasteiger partial charge in [0.25, 0.3) is 0 Å². The number of rotatable bonds is 2. The first-order valence-corrected chi connectivity index (χ1v) is 6.62. The zero-order valence-electron chi connectivity index (χ0n) is 11.3. The lowest BCUT2D eigenvalue weighted by Crippen LogP contribution is -2.28. The second-order valence-corrected chi connectivity index (χ2v) is 5.27. The van der Waals surface area contributed by atoms with Crippen LogP contribution in [0.25, 0.3) is 10.8 Å². The average molecular weight is 257 g/mol. The van der Waals surface area contributed by atoms with Crippen LogP contribution in [0.5, 0.6) is 5.75 Å². The van der Waals surface area contributed by atoms with Crippen molar-refractivity contribution in [3.05, 3.63) is 30.5 Å². The fourth-order valence-electron chi connectivity index (χ4n) is 2.68. The van der Waals surface area contributed by atoms with Crippen LogP contribution in [0.3, 0.4) is 0 Å². The summed E-state index contributed by atoms with van der Waals surface area (Å²) in [4.78, 5) is 6.82. The van der Waals surface area contributed by atoms with Crippen LogP contribution in [0.2, 0.25) is 0 Å². The molecule has 3 rings (SSSR count). The third kappa shape index (κ3) is 2.12. The quantitative estimate of drug-likeness (QED) is 0.894. The van der Waals surface area contributed by atoms with Crippen LogP contribution in [0, 0.1) is 5.92 Å². The Labute approximate surface area is 113 Å². The number of pyridine rings is 1. The predicted octanol–water partition coefficient (Wildman–Crippen LogP) is 2.03. The summed E-state index contributed by atoms with van der Waals surface area (Å²) in [6.45, 7) is 4.04. The minimum absolute atomic E-state index is 0.232. The number of anilines is 1. The van der Waals surface area contributed by atoms with Crippen molar-refractivity contribution in [2.75, 3.05) is 25.1 Å². The number of aromatic nitrogens is 1. The second-order valence-electron chi connectivity index (χ2n) is 5.27. The van der Waals surface area contributed by atoms with Gasteiger partial charge in [-0.1, -0.05) is 6.92 Å². The lowest BCUT2D eigenvalue weighted by molar-refractivity contribution is 0.415. The highest BCUT2D eigenvalue weighted by molar-refractivity contribution is 5.93. The molecule has 19 heavy (non-hydrogen) atoms. The van der Waals surface area contributed by atoms with Gasteiger partial charge in [0.2, 0.25) is 0 Å². The molecule has 0 amide bonds. The summed E-state index contributed by atoms with van der Waals surface area (Å²) in [5.41, 5.74) is 6.11. The fraction of sp³-hybridized carbons (Fsp3) is 0.400. The summed E-state index contributed by atoms with van der Waals surface area (Å²) < 4.78 is 5.27. The Bertz CT molecular complexity index is 589. The van der Waals surface area contributed by atoms with Crippen LogP contribution in [0.15, 0.2) is 30.5 Å². The van der Waals surface area contributed by atoms with Gasteiger partial charge in [0, 0.05) is 30.7 Å². The summed E-state index contributed by atoms with van der Waals surface area (Å²) in [7, 11) is 1.68. The number of ether oxygens (including phenoxy) is 1. The normalized spacial score (nSPS) is 23.0. The van der Waals surface area contributed by atoms with Crippen molar-refractivity contribution in [1.29, 1.82) is 0 Å². The van der Waals surface area contributed by atoms with E-state index in [0.29, 0.717) is 5.92 Å². The molecular formula is C15H19N3O. The van der Waals surface area contributed by atoms with Gasteiger partial charge in [-0.05, 0) is 35.6 Å². The van der Waals surface area contributed by atoms with Crippen LogP contribution in [-0.4, -0.2) is 31.2 Å². The van der Waals surface area contributed by atoms with Gasteiger partial charge in [-0.2, -0.15) is 0 Å². The molecule has 1 saturated heterocycles. The SMILES string of the molecule is COc1ccc2c(N3CC(C)C(N)C3)nccc2c1. The number of hydrogen-bond acceptors (Lipinski definition) is 4. The van der Waals surface area contributed by atoms with Crippen molar-refractivity contribution in [3.63, 3.8) is 0 Å². The highest BCUT2D eigenvalue weighted by atomic mass is 16.5. The van der Waals surface area contributed by atoms with Crippen LogP contribution >= 0.6 is 0 Å². The molecule has 1 aliphatic heterocycles. The third-order valence-corrected chi connectivity index (χ3v) is 3.92. The van der Waals surface area contributed by atoms with E-state index in [9.17, 15) is 0 Å². The van der Waals surface area contributed by atoms with Crippen molar-refractivity contribution in [2.45, 2.75) is 13.0 Å². The van der Waals surface area contributed by atoms with E-state index in [2.05, 4.69) is 22.9 Å². The zero-order chi connectivity index (χ0) is 13.4. The summed E-state index contributed by atoms with van der Waals surface area (Å²) in [5.74, 6) is 2.41. The molecule has 1 fully saturated rings. The number of benzene rings is 1. The minimum atomic E-state index is 0.232. The van der Waals surface area contributed by atoms with E-state index >= 15 is 0 Å². The molecule has 4 heteroatoms. The molecular weight excluding hydrogens is 238 g/mol. The van der Waals surface area contributed by atoms with Gasteiger partial charge in [-0.3, -0.25) is 0 Å².